The van der Waals surface area contributed by atoms with Crippen LogP contribution >= 0.6 is 0 Å². The van der Waals surface area contributed by atoms with E-state index < -0.39 is 0 Å². The topological polar surface area (TPSA) is 60.1 Å². The van der Waals surface area contributed by atoms with E-state index in [0.29, 0.717) is 0 Å². The number of rotatable bonds is 2. The van der Waals surface area contributed by atoms with E-state index in [-0.39, 0.29) is 12.5 Å². The van der Waals surface area contributed by atoms with Crippen molar-refractivity contribution in [3.63, 3.8) is 0 Å². The lowest BCUT2D eigenvalue weighted by Crippen LogP contribution is -2.28. The lowest BCUT2D eigenvalue weighted by Gasteiger charge is -2.01. The van der Waals surface area contributed by atoms with Gasteiger partial charge in [-0.3, -0.25) is 14.9 Å². The SMILES string of the molecule is NCC(=O)Nn1cccc1. The van der Waals surface area contributed by atoms with Crippen LogP contribution in [0.2, 0.25) is 0 Å². The number of carbonyl (C=O) groups is 1. The first-order valence-electron chi connectivity index (χ1n) is 2.96. The van der Waals surface area contributed by atoms with Gasteiger partial charge < -0.3 is 5.73 Å². The third-order valence-corrected chi connectivity index (χ3v) is 1.04. The average molecular weight is 139 g/mol. The number of hydrogen-bond donors (Lipinski definition) is 2. The van der Waals surface area contributed by atoms with E-state index in [0.717, 1.165) is 0 Å². The molecule has 0 saturated carbocycles. The summed E-state index contributed by atoms with van der Waals surface area (Å²) in [6, 6.07) is 3.63. The van der Waals surface area contributed by atoms with Crippen LogP contribution in [0.3, 0.4) is 0 Å². The average Bonchev–Trinajstić information content (AvgIpc) is 2.40. The molecule has 0 spiro atoms. The highest BCUT2D eigenvalue weighted by Gasteiger charge is 1.93. The maximum absolute atomic E-state index is 10.6. The van der Waals surface area contributed by atoms with Gasteiger partial charge in [-0.15, -0.1) is 0 Å². The minimum Gasteiger partial charge on any atom is -0.322 e. The molecule has 1 rings (SSSR count). The standard InChI is InChI=1S/C6H9N3O/c7-5-6(10)8-9-3-1-2-4-9/h1-4H,5,7H2,(H,8,10). The maximum atomic E-state index is 10.6. The van der Waals surface area contributed by atoms with Gasteiger partial charge in [0.25, 0.3) is 5.91 Å². The van der Waals surface area contributed by atoms with Gasteiger partial charge >= 0.3 is 0 Å². The van der Waals surface area contributed by atoms with Crippen LogP contribution in [-0.2, 0) is 4.79 Å². The van der Waals surface area contributed by atoms with E-state index in [1.54, 1.807) is 17.1 Å². The lowest BCUT2D eigenvalue weighted by molar-refractivity contribution is -0.115. The highest BCUT2D eigenvalue weighted by Crippen LogP contribution is 1.83. The van der Waals surface area contributed by atoms with Crippen LogP contribution in [-0.4, -0.2) is 17.1 Å². The van der Waals surface area contributed by atoms with Crippen LogP contribution in [0.1, 0.15) is 0 Å². The zero-order valence-electron chi connectivity index (χ0n) is 5.45. The molecule has 4 nitrogen and oxygen atoms in total. The van der Waals surface area contributed by atoms with E-state index in [1.807, 2.05) is 12.1 Å². The van der Waals surface area contributed by atoms with Gasteiger partial charge in [-0.25, -0.2) is 0 Å². The number of nitrogens with two attached hydrogens (primary N) is 1. The molecule has 1 aromatic heterocycles. The van der Waals surface area contributed by atoms with Gasteiger partial charge in [-0.05, 0) is 12.1 Å². The number of hydrogen-bond acceptors (Lipinski definition) is 2. The predicted molar refractivity (Wildman–Crippen MR) is 37.9 cm³/mol. The summed E-state index contributed by atoms with van der Waals surface area (Å²) in [5.74, 6) is -0.198. The van der Waals surface area contributed by atoms with E-state index in [1.165, 1.54) is 0 Å². The van der Waals surface area contributed by atoms with Crippen molar-refractivity contribution in [2.24, 2.45) is 5.73 Å². The summed E-state index contributed by atoms with van der Waals surface area (Å²) in [6.07, 6.45) is 3.46. The van der Waals surface area contributed by atoms with Crippen molar-refractivity contribution in [2.75, 3.05) is 12.0 Å². The predicted octanol–water partition coefficient (Wildman–Crippen LogP) is -0.483. The molecule has 4 heteroatoms. The van der Waals surface area contributed by atoms with E-state index in [2.05, 4.69) is 5.43 Å². The van der Waals surface area contributed by atoms with Gasteiger partial charge in [0.15, 0.2) is 0 Å². The van der Waals surface area contributed by atoms with Crippen LogP contribution in [0.4, 0.5) is 0 Å². The summed E-state index contributed by atoms with van der Waals surface area (Å²) in [7, 11) is 0. The number of nitrogens with one attached hydrogen (secondary N) is 1. The molecule has 3 N–H and O–H groups in total. The molecular formula is C6H9N3O. The Labute approximate surface area is 58.6 Å². The van der Waals surface area contributed by atoms with Gasteiger partial charge in [-0.2, -0.15) is 0 Å². The van der Waals surface area contributed by atoms with Crippen molar-refractivity contribution >= 4 is 5.91 Å². The summed E-state index contributed by atoms with van der Waals surface area (Å²) in [5, 5.41) is 0. The third-order valence-electron chi connectivity index (χ3n) is 1.04. The maximum Gasteiger partial charge on any atom is 0.252 e. The van der Waals surface area contributed by atoms with Gasteiger partial charge in [0.05, 0.1) is 6.54 Å². The van der Waals surface area contributed by atoms with E-state index in [4.69, 9.17) is 5.73 Å². The molecule has 0 aliphatic carbocycles. The first-order chi connectivity index (χ1) is 4.83. The Hall–Kier alpha value is -1.29. The second kappa shape index (κ2) is 3.03. The van der Waals surface area contributed by atoms with Gasteiger partial charge in [0.2, 0.25) is 0 Å². The molecule has 0 radical (unpaired) electrons. The summed E-state index contributed by atoms with van der Waals surface area (Å²) in [6.45, 7) is 0.0121. The van der Waals surface area contributed by atoms with Crippen molar-refractivity contribution in [1.82, 2.24) is 4.68 Å². The van der Waals surface area contributed by atoms with Crippen LogP contribution in [0.15, 0.2) is 24.5 Å². The van der Waals surface area contributed by atoms with E-state index >= 15 is 0 Å². The molecule has 0 atom stereocenters. The molecular weight excluding hydrogens is 130 g/mol. The molecule has 0 unspecified atom stereocenters. The largest absolute Gasteiger partial charge is 0.322 e. The number of carbonyl (C=O) groups excluding carboxylic acids is 1. The fourth-order valence-electron chi connectivity index (χ4n) is 0.599. The highest BCUT2D eigenvalue weighted by molar-refractivity contribution is 5.85. The molecule has 0 aromatic carbocycles. The third kappa shape index (κ3) is 1.60. The van der Waals surface area contributed by atoms with Crippen molar-refractivity contribution < 1.29 is 4.79 Å². The summed E-state index contributed by atoms with van der Waals surface area (Å²) < 4.78 is 1.55. The molecule has 0 bridgehead atoms. The summed E-state index contributed by atoms with van der Waals surface area (Å²) in [4.78, 5) is 10.6. The Bertz CT molecular complexity index is 205. The van der Waals surface area contributed by atoms with Gasteiger partial charge in [0.1, 0.15) is 0 Å². The molecule has 10 heavy (non-hydrogen) atoms. The lowest BCUT2D eigenvalue weighted by atomic mass is 10.6. The molecule has 0 aliphatic rings. The van der Waals surface area contributed by atoms with Gasteiger partial charge in [-0.1, -0.05) is 0 Å². The van der Waals surface area contributed by atoms with Crippen LogP contribution in [0.5, 0.6) is 0 Å². The minimum atomic E-state index is -0.198. The van der Waals surface area contributed by atoms with Crippen LogP contribution in [0.25, 0.3) is 0 Å². The first-order valence-corrected chi connectivity index (χ1v) is 2.96. The fourth-order valence-corrected chi connectivity index (χ4v) is 0.599. The van der Waals surface area contributed by atoms with Crippen molar-refractivity contribution in [2.45, 2.75) is 0 Å². The van der Waals surface area contributed by atoms with Crippen LogP contribution in [0, 0.1) is 0 Å². The first kappa shape index (κ1) is 6.82. The second-order valence-electron chi connectivity index (χ2n) is 1.83. The molecule has 0 aliphatic heterocycles. The molecule has 1 amide bonds. The Balaban J connectivity index is 2.48. The quantitative estimate of drug-likeness (QED) is 0.581. The monoisotopic (exact) mass is 139 g/mol. The normalized spacial score (nSPS) is 9.30. The molecule has 0 fully saturated rings. The highest BCUT2D eigenvalue weighted by atomic mass is 16.2. The number of aromatic nitrogens is 1. The van der Waals surface area contributed by atoms with Crippen molar-refractivity contribution in [1.29, 1.82) is 0 Å². The number of amides is 1. The molecule has 54 valence electrons. The summed E-state index contributed by atoms with van der Waals surface area (Å²) >= 11 is 0. The zero-order chi connectivity index (χ0) is 7.40. The molecule has 1 heterocycles. The smallest absolute Gasteiger partial charge is 0.252 e. The van der Waals surface area contributed by atoms with Gasteiger partial charge in [0, 0.05) is 12.4 Å². The zero-order valence-corrected chi connectivity index (χ0v) is 5.45. The Morgan fingerprint density at radius 2 is 2.10 bits per heavy atom. The molecule has 1 aromatic rings. The Morgan fingerprint density at radius 3 is 2.60 bits per heavy atom. The van der Waals surface area contributed by atoms with Crippen molar-refractivity contribution in [3.8, 4) is 0 Å². The Morgan fingerprint density at radius 1 is 1.50 bits per heavy atom. The fraction of sp³-hybridized carbons (Fsp3) is 0.167. The van der Waals surface area contributed by atoms with E-state index in [9.17, 15) is 4.79 Å². The second-order valence-corrected chi connectivity index (χ2v) is 1.83. The minimum absolute atomic E-state index is 0.0121. The van der Waals surface area contributed by atoms with Crippen LogP contribution < -0.4 is 11.2 Å². The molecule has 0 saturated heterocycles. The number of nitrogens with zero attached hydrogens (tertiary/aromatic N) is 1. The van der Waals surface area contributed by atoms with Crippen molar-refractivity contribution in [3.05, 3.63) is 24.5 Å². The Kier molecular flexibility index (Phi) is 2.07. The summed E-state index contributed by atoms with van der Waals surface area (Å²) in [5.41, 5.74) is 7.59.